The van der Waals surface area contributed by atoms with Gasteiger partial charge in [0.2, 0.25) is 0 Å². The molecule has 0 fully saturated rings. The van der Waals surface area contributed by atoms with Gasteiger partial charge in [-0.3, -0.25) is 4.31 Å². The SMILES string of the molecule is COc1cc(C)c(C)cc1S(=O)(=O)N1CCOc2ccc(Cl)cc21. The van der Waals surface area contributed by atoms with Gasteiger partial charge in [0.05, 0.1) is 19.3 Å². The van der Waals surface area contributed by atoms with E-state index in [2.05, 4.69) is 0 Å². The molecule has 7 heteroatoms. The summed E-state index contributed by atoms with van der Waals surface area (Å²) >= 11 is 6.04. The van der Waals surface area contributed by atoms with Crippen LogP contribution in [-0.2, 0) is 10.0 Å². The topological polar surface area (TPSA) is 55.8 Å². The van der Waals surface area contributed by atoms with E-state index in [-0.39, 0.29) is 18.0 Å². The van der Waals surface area contributed by atoms with Gasteiger partial charge in [-0.05, 0) is 55.3 Å². The molecule has 2 aromatic rings. The van der Waals surface area contributed by atoms with Gasteiger partial charge in [-0.15, -0.1) is 0 Å². The first-order valence-electron chi connectivity index (χ1n) is 7.45. The van der Waals surface area contributed by atoms with Crippen molar-refractivity contribution < 1.29 is 17.9 Å². The van der Waals surface area contributed by atoms with Crippen molar-refractivity contribution in [1.82, 2.24) is 0 Å². The Kier molecular flexibility index (Phi) is 4.36. The molecule has 0 unspecified atom stereocenters. The summed E-state index contributed by atoms with van der Waals surface area (Å²) in [5.74, 6) is 0.824. The molecule has 128 valence electrons. The van der Waals surface area contributed by atoms with E-state index >= 15 is 0 Å². The first-order valence-corrected chi connectivity index (χ1v) is 9.26. The highest BCUT2D eigenvalue weighted by Crippen LogP contribution is 2.39. The summed E-state index contributed by atoms with van der Waals surface area (Å²) in [5, 5.41) is 0.450. The molecular formula is C17H18ClNO4S. The average molecular weight is 368 g/mol. The van der Waals surface area contributed by atoms with Gasteiger partial charge in [0.1, 0.15) is 23.0 Å². The third-order valence-corrected chi connectivity index (χ3v) is 6.16. The molecule has 24 heavy (non-hydrogen) atoms. The summed E-state index contributed by atoms with van der Waals surface area (Å²) in [6.07, 6.45) is 0. The minimum absolute atomic E-state index is 0.140. The fourth-order valence-electron chi connectivity index (χ4n) is 2.66. The minimum atomic E-state index is -3.80. The molecule has 0 N–H and O–H groups in total. The number of hydrogen-bond acceptors (Lipinski definition) is 4. The number of anilines is 1. The molecule has 0 saturated heterocycles. The molecule has 2 aromatic carbocycles. The summed E-state index contributed by atoms with van der Waals surface area (Å²) in [4.78, 5) is 0.140. The molecule has 0 atom stereocenters. The Bertz CT molecular complexity index is 896. The Hall–Kier alpha value is -1.92. The van der Waals surface area contributed by atoms with Crippen LogP contribution in [0.4, 0.5) is 5.69 Å². The number of hydrogen-bond donors (Lipinski definition) is 0. The molecule has 0 aromatic heterocycles. The third-order valence-electron chi connectivity index (χ3n) is 4.09. The van der Waals surface area contributed by atoms with Gasteiger partial charge < -0.3 is 9.47 Å². The number of benzene rings is 2. The Morgan fingerprint density at radius 2 is 1.88 bits per heavy atom. The molecule has 0 radical (unpaired) electrons. The molecule has 5 nitrogen and oxygen atoms in total. The molecule has 0 saturated carbocycles. The molecule has 1 heterocycles. The van der Waals surface area contributed by atoms with Crippen LogP contribution in [0.1, 0.15) is 11.1 Å². The highest BCUT2D eigenvalue weighted by molar-refractivity contribution is 7.93. The zero-order valence-electron chi connectivity index (χ0n) is 13.7. The number of halogens is 1. The van der Waals surface area contributed by atoms with Crippen LogP contribution in [0.25, 0.3) is 0 Å². The van der Waals surface area contributed by atoms with E-state index < -0.39 is 10.0 Å². The second kappa shape index (κ2) is 6.18. The van der Waals surface area contributed by atoms with Crippen molar-refractivity contribution in [2.45, 2.75) is 18.7 Å². The molecule has 1 aliphatic rings. The molecule has 3 rings (SSSR count). The van der Waals surface area contributed by atoms with E-state index in [0.717, 1.165) is 11.1 Å². The van der Waals surface area contributed by atoms with Crippen molar-refractivity contribution in [3.63, 3.8) is 0 Å². The predicted octanol–water partition coefficient (Wildman–Crippen LogP) is 3.55. The van der Waals surface area contributed by atoms with Gasteiger partial charge in [-0.2, -0.15) is 0 Å². The van der Waals surface area contributed by atoms with Crippen molar-refractivity contribution in [1.29, 1.82) is 0 Å². The zero-order chi connectivity index (χ0) is 17.5. The second-order valence-corrected chi connectivity index (χ2v) is 7.89. The van der Waals surface area contributed by atoms with Crippen molar-refractivity contribution in [3.8, 4) is 11.5 Å². The lowest BCUT2D eigenvalue weighted by atomic mass is 10.1. The minimum Gasteiger partial charge on any atom is -0.495 e. The fourth-order valence-corrected chi connectivity index (χ4v) is 4.50. The van der Waals surface area contributed by atoms with Gasteiger partial charge in [0.15, 0.2) is 0 Å². The second-order valence-electron chi connectivity index (χ2n) is 5.63. The van der Waals surface area contributed by atoms with Crippen LogP contribution in [0.15, 0.2) is 35.2 Å². The van der Waals surface area contributed by atoms with Gasteiger partial charge in [-0.25, -0.2) is 8.42 Å². The van der Waals surface area contributed by atoms with Gasteiger partial charge in [0.25, 0.3) is 10.0 Å². The summed E-state index contributed by atoms with van der Waals surface area (Å²) < 4.78 is 38.7. The maximum absolute atomic E-state index is 13.3. The van der Waals surface area contributed by atoms with E-state index in [1.54, 1.807) is 30.3 Å². The summed E-state index contributed by atoms with van der Waals surface area (Å²) in [6, 6.07) is 8.33. The maximum atomic E-state index is 13.3. The highest BCUT2D eigenvalue weighted by atomic mass is 35.5. The monoisotopic (exact) mass is 367 g/mol. The van der Waals surface area contributed by atoms with E-state index in [9.17, 15) is 8.42 Å². The summed E-state index contributed by atoms with van der Waals surface area (Å²) in [5.41, 5.74) is 2.29. The smallest absolute Gasteiger partial charge is 0.268 e. The van der Waals surface area contributed by atoms with E-state index in [4.69, 9.17) is 21.1 Å². The van der Waals surface area contributed by atoms with Crippen LogP contribution in [0.5, 0.6) is 11.5 Å². The van der Waals surface area contributed by atoms with Gasteiger partial charge >= 0.3 is 0 Å². The van der Waals surface area contributed by atoms with E-state index in [0.29, 0.717) is 22.2 Å². The normalized spacial score (nSPS) is 14.1. The molecule has 0 bridgehead atoms. The van der Waals surface area contributed by atoms with Gasteiger partial charge in [0, 0.05) is 5.02 Å². The lowest BCUT2D eigenvalue weighted by Gasteiger charge is -2.31. The van der Waals surface area contributed by atoms with Crippen molar-refractivity contribution in [2.75, 3.05) is 24.6 Å². The number of ether oxygens (including phenoxy) is 2. The highest BCUT2D eigenvalue weighted by Gasteiger charge is 2.32. The Labute approximate surface area is 146 Å². The number of fused-ring (bicyclic) bond motifs is 1. The standard InChI is InChI=1S/C17H18ClNO4S/c1-11-8-16(22-3)17(9-12(11)2)24(20,21)19-6-7-23-15-5-4-13(18)10-14(15)19/h4-5,8-10H,6-7H2,1-3H3. The molecular weight excluding hydrogens is 350 g/mol. The number of methoxy groups -OCH3 is 1. The Balaban J connectivity index is 2.17. The van der Waals surface area contributed by atoms with Crippen LogP contribution in [-0.4, -0.2) is 28.7 Å². The van der Waals surface area contributed by atoms with Crippen LogP contribution in [0, 0.1) is 13.8 Å². The van der Waals surface area contributed by atoms with Crippen molar-refractivity contribution in [2.24, 2.45) is 0 Å². The van der Waals surface area contributed by atoms with E-state index in [1.165, 1.54) is 11.4 Å². The molecule has 0 amide bonds. The first-order chi connectivity index (χ1) is 11.3. The first kappa shape index (κ1) is 16.9. The third kappa shape index (κ3) is 2.80. The zero-order valence-corrected chi connectivity index (χ0v) is 15.2. The van der Waals surface area contributed by atoms with E-state index in [1.807, 2.05) is 13.8 Å². The fraction of sp³-hybridized carbons (Fsp3) is 0.294. The quantitative estimate of drug-likeness (QED) is 0.832. The van der Waals surface area contributed by atoms with Crippen LogP contribution in [0.3, 0.4) is 0 Å². The van der Waals surface area contributed by atoms with Crippen LogP contribution < -0.4 is 13.8 Å². The molecule has 1 aliphatic heterocycles. The summed E-state index contributed by atoms with van der Waals surface area (Å²) in [6.45, 7) is 4.28. The predicted molar refractivity (Wildman–Crippen MR) is 93.9 cm³/mol. The molecule has 0 aliphatic carbocycles. The lowest BCUT2D eigenvalue weighted by molar-refractivity contribution is 0.315. The average Bonchev–Trinajstić information content (AvgIpc) is 2.56. The summed E-state index contributed by atoms with van der Waals surface area (Å²) in [7, 11) is -2.34. The van der Waals surface area contributed by atoms with Crippen LogP contribution >= 0.6 is 11.6 Å². The van der Waals surface area contributed by atoms with Gasteiger partial charge in [-0.1, -0.05) is 11.6 Å². The number of aryl methyl sites for hydroxylation is 2. The Morgan fingerprint density at radius 3 is 2.58 bits per heavy atom. The maximum Gasteiger partial charge on any atom is 0.268 e. The largest absolute Gasteiger partial charge is 0.495 e. The number of rotatable bonds is 3. The number of sulfonamides is 1. The lowest BCUT2D eigenvalue weighted by Crippen LogP contribution is -2.38. The molecule has 0 spiro atoms. The van der Waals surface area contributed by atoms with Crippen LogP contribution in [0.2, 0.25) is 5.02 Å². The van der Waals surface area contributed by atoms with Crippen molar-refractivity contribution >= 4 is 27.3 Å². The Morgan fingerprint density at radius 1 is 1.17 bits per heavy atom. The van der Waals surface area contributed by atoms with Crippen molar-refractivity contribution in [3.05, 3.63) is 46.5 Å². The number of nitrogens with zero attached hydrogens (tertiary/aromatic N) is 1.